The van der Waals surface area contributed by atoms with E-state index in [1.54, 1.807) is 33.9 Å². The lowest BCUT2D eigenvalue weighted by atomic mass is 9.53. The first-order chi connectivity index (χ1) is 16.8. The number of primary amides is 1. The van der Waals surface area contributed by atoms with E-state index >= 15 is 0 Å². The van der Waals surface area contributed by atoms with Gasteiger partial charge in [0.25, 0.3) is 11.8 Å². The topological polar surface area (TPSA) is 117 Å². The number of aromatic nitrogens is 4. The van der Waals surface area contributed by atoms with E-state index in [0.29, 0.717) is 28.1 Å². The molecule has 0 radical (unpaired) electrons. The second kappa shape index (κ2) is 8.12. The third-order valence-corrected chi connectivity index (χ3v) is 7.76. The molecule has 3 fully saturated rings. The highest BCUT2D eigenvalue weighted by atomic mass is 35.5. The number of nitrogens with one attached hydrogen (secondary N) is 1. The number of carbonyl (C=O) groups excluding carboxylic acids is 2. The van der Waals surface area contributed by atoms with E-state index in [0.717, 1.165) is 49.9 Å². The molecule has 2 aromatic heterocycles. The molecule has 3 aliphatic carbocycles. The quantitative estimate of drug-likeness (QED) is 0.520. The SMILES string of the molecule is Cc1c(C(=O)NC2CC3(C2)CC(Oc2nn(C4CC4)cc2C(N)=O)C3)cnn1-c1ccc(Cl)cc1. The molecule has 0 unspecified atom stereocenters. The van der Waals surface area contributed by atoms with Gasteiger partial charge in [0.15, 0.2) is 0 Å². The fraction of sp³-hybridized carbons (Fsp3) is 0.440. The van der Waals surface area contributed by atoms with Crippen molar-refractivity contribution in [1.82, 2.24) is 24.9 Å². The van der Waals surface area contributed by atoms with Crippen LogP contribution in [0.2, 0.25) is 5.02 Å². The lowest BCUT2D eigenvalue weighted by Gasteiger charge is -2.57. The van der Waals surface area contributed by atoms with E-state index in [2.05, 4.69) is 15.5 Å². The van der Waals surface area contributed by atoms with Gasteiger partial charge in [0.1, 0.15) is 11.7 Å². The fourth-order valence-electron chi connectivity index (χ4n) is 5.46. The van der Waals surface area contributed by atoms with Crippen LogP contribution in [0.3, 0.4) is 0 Å². The van der Waals surface area contributed by atoms with Crippen LogP contribution in [-0.4, -0.2) is 43.5 Å². The van der Waals surface area contributed by atoms with Crippen LogP contribution >= 0.6 is 11.6 Å². The number of halogens is 1. The molecule has 9 nitrogen and oxygen atoms in total. The molecule has 2 heterocycles. The smallest absolute Gasteiger partial charge is 0.255 e. The van der Waals surface area contributed by atoms with E-state index in [1.165, 1.54) is 0 Å². The second-order valence-corrected chi connectivity index (χ2v) is 10.6. The number of ether oxygens (including phenoxy) is 1. The number of nitrogens with zero attached hydrogens (tertiary/aromatic N) is 4. The largest absolute Gasteiger partial charge is 0.473 e. The molecule has 10 heteroatoms. The van der Waals surface area contributed by atoms with Gasteiger partial charge in [0.2, 0.25) is 5.88 Å². The van der Waals surface area contributed by atoms with Gasteiger partial charge >= 0.3 is 0 Å². The number of nitrogens with two attached hydrogens (primary N) is 1. The molecule has 0 aliphatic heterocycles. The Balaban J connectivity index is 1.02. The fourth-order valence-corrected chi connectivity index (χ4v) is 5.59. The number of hydrogen-bond donors (Lipinski definition) is 2. The van der Waals surface area contributed by atoms with Crippen LogP contribution in [0.4, 0.5) is 0 Å². The van der Waals surface area contributed by atoms with Crippen LogP contribution in [0, 0.1) is 12.3 Å². The van der Waals surface area contributed by atoms with Crippen LogP contribution in [0.1, 0.15) is 71.0 Å². The lowest BCUT2D eigenvalue weighted by Crippen LogP contribution is -2.58. The van der Waals surface area contributed by atoms with Crippen LogP contribution in [0.15, 0.2) is 36.7 Å². The Labute approximate surface area is 207 Å². The van der Waals surface area contributed by atoms with Gasteiger partial charge in [-0.25, -0.2) is 4.68 Å². The van der Waals surface area contributed by atoms with Gasteiger partial charge < -0.3 is 15.8 Å². The highest BCUT2D eigenvalue weighted by Crippen LogP contribution is 2.57. The lowest BCUT2D eigenvalue weighted by molar-refractivity contribution is -0.0849. The highest BCUT2D eigenvalue weighted by Gasteiger charge is 2.54. The maximum Gasteiger partial charge on any atom is 0.255 e. The van der Waals surface area contributed by atoms with Gasteiger partial charge in [-0.2, -0.15) is 5.10 Å². The Bertz CT molecular complexity index is 1300. The number of hydrogen-bond acceptors (Lipinski definition) is 5. The summed E-state index contributed by atoms with van der Waals surface area (Å²) in [6.07, 6.45) is 9.09. The molecule has 0 atom stereocenters. The average Bonchev–Trinajstić information content (AvgIpc) is 3.42. The summed E-state index contributed by atoms with van der Waals surface area (Å²) in [5.41, 5.74) is 8.27. The van der Waals surface area contributed by atoms with Crippen molar-refractivity contribution >= 4 is 23.4 Å². The third-order valence-electron chi connectivity index (χ3n) is 7.50. The third kappa shape index (κ3) is 4.07. The zero-order valence-electron chi connectivity index (χ0n) is 19.4. The number of benzene rings is 1. The Morgan fingerprint density at radius 1 is 1.14 bits per heavy atom. The van der Waals surface area contributed by atoms with Crippen molar-refractivity contribution in [2.75, 3.05) is 0 Å². The van der Waals surface area contributed by atoms with Crippen molar-refractivity contribution in [3.8, 4) is 11.6 Å². The molecule has 3 aromatic rings. The van der Waals surface area contributed by atoms with Gasteiger partial charge in [-0.3, -0.25) is 14.3 Å². The minimum Gasteiger partial charge on any atom is -0.473 e. The molecule has 3 N–H and O–H groups in total. The van der Waals surface area contributed by atoms with Gasteiger partial charge in [-0.05, 0) is 75.1 Å². The summed E-state index contributed by atoms with van der Waals surface area (Å²) in [7, 11) is 0. The maximum atomic E-state index is 12.9. The second-order valence-electron chi connectivity index (χ2n) is 10.2. The first kappa shape index (κ1) is 22.2. The minimum absolute atomic E-state index is 0.0205. The summed E-state index contributed by atoms with van der Waals surface area (Å²) in [4.78, 5) is 24.7. The van der Waals surface area contributed by atoms with Gasteiger partial charge in [-0.15, -0.1) is 5.10 Å². The molecule has 3 saturated carbocycles. The molecule has 0 saturated heterocycles. The van der Waals surface area contributed by atoms with Crippen LogP contribution < -0.4 is 15.8 Å². The Hall–Kier alpha value is -3.33. The van der Waals surface area contributed by atoms with Crippen LogP contribution in [0.5, 0.6) is 5.88 Å². The highest BCUT2D eigenvalue weighted by molar-refractivity contribution is 6.30. The Morgan fingerprint density at radius 3 is 2.51 bits per heavy atom. The zero-order chi connectivity index (χ0) is 24.3. The average molecular weight is 495 g/mol. The number of carbonyl (C=O) groups is 2. The molecule has 2 amide bonds. The molecule has 1 aromatic carbocycles. The van der Waals surface area contributed by atoms with Crippen molar-refractivity contribution < 1.29 is 14.3 Å². The molecule has 35 heavy (non-hydrogen) atoms. The van der Waals surface area contributed by atoms with E-state index in [1.807, 2.05) is 19.1 Å². The van der Waals surface area contributed by atoms with Crippen molar-refractivity contribution in [3.63, 3.8) is 0 Å². The van der Waals surface area contributed by atoms with Crippen molar-refractivity contribution in [3.05, 3.63) is 58.5 Å². The van der Waals surface area contributed by atoms with Crippen LogP contribution in [0.25, 0.3) is 5.69 Å². The van der Waals surface area contributed by atoms with Gasteiger partial charge in [-0.1, -0.05) is 11.6 Å². The van der Waals surface area contributed by atoms with E-state index in [-0.39, 0.29) is 23.5 Å². The summed E-state index contributed by atoms with van der Waals surface area (Å²) >= 11 is 5.97. The molecule has 182 valence electrons. The Morgan fingerprint density at radius 2 is 1.86 bits per heavy atom. The summed E-state index contributed by atoms with van der Waals surface area (Å²) < 4.78 is 9.59. The molecular formula is C25H27ClN6O3. The first-order valence-corrected chi connectivity index (χ1v) is 12.4. The summed E-state index contributed by atoms with van der Waals surface area (Å²) in [6, 6.07) is 7.84. The number of rotatable bonds is 7. The van der Waals surface area contributed by atoms with Gasteiger partial charge in [0.05, 0.1) is 29.2 Å². The predicted molar refractivity (Wildman–Crippen MR) is 129 cm³/mol. The van der Waals surface area contributed by atoms with E-state index < -0.39 is 5.91 Å². The zero-order valence-corrected chi connectivity index (χ0v) is 20.2. The summed E-state index contributed by atoms with van der Waals surface area (Å²) in [6.45, 7) is 1.89. The maximum absolute atomic E-state index is 12.9. The van der Waals surface area contributed by atoms with E-state index in [4.69, 9.17) is 22.1 Å². The first-order valence-electron chi connectivity index (χ1n) is 12.0. The van der Waals surface area contributed by atoms with Crippen molar-refractivity contribution in [2.45, 2.75) is 63.6 Å². The number of amides is 2. The predicted octanol–water partition coefficient (Wildman–Crippen LogP) is 3.58. The summed E-state index contributed by atoms with van der Waals surface area (Å²) in [5, 5.41) is 12.6. The van der Waals surface area contributed by atoms with Crippen molar-refractivity contribution in [1.29, 1.82) is 0 Å². The van der Waals surface area contributed by atoms with E-state index in [9.17, 15) is 9.59 Å². The van der Waals surface area contributed by atoms with Crippen LogP contribution in [-0.2, 0) is 0 Å². The molecular weight excluding hydrogens is 468 g/mol. The molecule has 1 spiro atoms. The monoisotopic (exact) mass is 494 g/mol. The molecule has 3 aliphatic rings. The normalized spacial score (nSPS) is 25.1. The summed E-state index contributed by atoms with van der Waals surface area (Å²) in [5.74, 6) is -0.268. The van der Waals surface area contributed by atoms with Crippen molar-refractivity contribution in [2.24, 2.45) is 11.1 Å². The van der Waals surface area contributed by atoms with Gasteiger partial charge in [0, 0.05) is 17.3 Å². The molecule has 6 rings (SSSR count). The standard InChI is InChI=1S/C25H27ClN6O3/c1-14-20(12-28-32(14)18-4-2-15(26)3-5-18)23(34)29-16-8-25(9-16)10-19(11-25)35-24-21(22(27)33)13-31(30-24)17-6-7-17/h2-5,12-13,16-17,19H,6-11H2,1H3,(H2,27,33)(H,29,34). The molecule has 0 bridgehead atoms. The Kier molecular flexibility index (Phi) is 5.14. The minimum atomic E-state index is -0.512.